The van der Waals surface area contributed by atoms with E-state index in [0.717, 1.165) is 15.6 Å². The second-order valence-electron chi connectivity index (χ2n) is 7.73. The number of carboxylic acids is 1. The zero-order chi connectivity index (χ0) is 21.2. The van der Waals surface area contributed by atoms with Crippen molar-refractivity contribution in [3.63, 3.8) is 0 Å². The molecule has 1 spiro atoms. The van der Waals surface area contributed by atoms with Crippen LogP contribution in [0.3, 0.4) is 0 Å². The molecule has 7 nitrogen and oxygen atoms in total. The number of hydrogen-bond acceptors (Lipinski definition) is 5. The van der Waals surface area contributed by atoms with E-state index in [1.807, 2.05) is 54.6 Å². The number of likely N-dealkylation sites (tertiary alicyclic amines) is 1. The Labute approximate surface area is 182 Å². The van der Waals surface area contributed by atoms with Crippen molar-refractivity contribution < 1.29 is 28.9 Å². The molecule has 8 heteroatoms. The van der Waals surface area contributed by atoms with Gasteiger partial charge in [-0.3, -0.25) is 0 Å². The lowest BCUT2D eigenvalue weighted by atomic mass is 9.81. The number of benzene rings is 2. The lowest BCUT2D eigenvalue weighted by molar-refractivity contribution is -0.150. The van der Waals surface area contributed by atoms with Gasteiger partial charge in [-0.05, 0) is 23.3 Å². The number of ether oxygens (including phenoxy) is 3. The Bertz CT molecular complexity index is 913. The first-order valence-corrected chi connectivity index (χ1v) is 10.4. The zero-order valence-corrected chi connectivity index (χ0v) is 17.8. The number of rotatable bonds is 6. The summed E-state index contributed by atoms with van der Waals surface area (Å²) < 4.78 is 18.2. The van der Waals surface area contributed by atoms with Crippen molar-refractivity contribution in [2.75, 3.05) is 26.3 Å². The summed E-state index contributed by atoms with van der Waals surface area (Å²) in [6.07, 6.45) is 0.0814. The lowest BCUT2D eigenvalue weighted by Gasteiger charge is -2.46. The average molecular weight is 476 g/mol. The topological polar surface area (TPSA) is 85.3 Å². The minimum Gasteiger partial charge on any atom is -0.480 e. The number of carbonyl (C=O) groups is 2. The fraction of sp³-hybridized carbons (Fsp3) is 0.364. The van der Waals surface area contributed by atoms with E-state index in [0.29, 0.717) is 19.5 Å². The molecular weight excluding hydrogens is 454 g/mol. The molecule has 2 fully saturated rings. The summed E-state index contributed by atoms with van der Waals surface area (Å²) in [5, 5.41) is 9.11. The monoisotopic (exact) mass is 475 g/mol. The van der Waals surface area contributed by atoms with Gasteiger partial charge in [-0.1, -0.05) is 58.4 Å². The summed E-state index contributed by atoms with van der Waals surface area (Å²) in [5.74, 6) is -1.04. The first-order chi connectivity index (χ1) is 14.4. The van der Waals surface area contributed by atoms with Gasteiger partial charge in [0.05, 0.1) is 19.7 Å². The maximum absolute atomic E-state index is 12.4. The van der Waals surface area contributed by atoms with Crippen LogP contribution in [0.4, 0.5) is 4.79 Å². The van der Waals surface area contributed by atoms with Crippen LogP contribution in [0.1, 0.15) is 17.5 Å². The van der Waals surface area contributed by atoms with Crippen molar-refractivity contribution in [2.24, 2.45) is 0 Å². The smallest absolute Gasteiger partial charge is 0.410 e. The molecule has 0 aromatic heterocycles. The van der Waals surface area contributed by atoms with Crippen LogP contribution in [0.2, 0.25) is 0 Å². The van der Waals surface area contributed by atoms with Crippen LogP contribution in [0.5, 0.6) is 0 Å². The molecule has 0 saturated carbocycles. The van der Waals surface area contributed by atoms with E-state index in [2.05, 4.69) is 15.9 Å². The Hall–Kier alpha value is -2.42. The van der Waals surface area contributed by atoms with Crippen molar-refractivity contribution in [3.8, 4) is 0 Å². The number of halogens is 1. The van der Waals surface area contributed by atoms with Crippen LogP contribution in [0.25, 0.3) is 0 Å². The molecule has 0 bridgehead atoms. The summed E-state index contributed by atoms with van der Waals surface area (Å²) in [5.41, 5.74) is 0.361. The summed E-state index contributed by atoms with van der Waals surface area (Å²) >= 11 is 3.41. The van der Waals surface area contributed by atoms with Crippen molar-refractivity contribution in [2.45, 2.75) is 24.2 Å². The summed E-state index contributed by atoms with van der Waals surface area (Å²) in [4.78, 5) is 25.1. The van der Waals surface area contributed by atoms with Crippen LogP contribution < -0.4 is 0 Å². The number of amides is 1. The maximum atomic E-state index is 12.4. The molecule has 4 rings (SSSR count). The molecule has 158 valence electrons. The second kappa shape index (κ2) is 8.37. The van der Waals surface area contributed by atoms with Crippen LogP contribution in [0, 0.1) is 0 Å². The van der Waals surface area contributed by atoms with Crippen LogP contribution >= 0.6 is 15.9 Å². The Morgan fingerprint density at radius 1 is 1.10 bits per heavy atom. The van der Waals surface area contributed by atoms with Crippen LogP contribution in [-0.4, -0.2) is 54.0 Å². The van der Waals surface area contributed by atoms with E-state index in [1.54, 1.807) is 4.90 Å². The first kappa shape index (κ1) is 20.8. The van der Waals surface area contributed by atoms with Gasteiger partial charge in [0.1, 0.15) is 24.4 Å². The predicted molar refractivity (Wildman–Crippen MR) is 111 cm³/mol. The Morgan fingerprint density at radius 2 is 1.80 bits per heavy atom. The fourth-order valence-electron chi connectivity index (χ4n) is 4.00. The molecule has 1 N–H and O–H groups in total. The second-order valence-corrected chi connectivity index (χ2v) is 8.64. The molecular formula is C22H22BrNO6. The highest BCUT2D eigenvalue weighted by Gasteiger charge is 2.58. The number of carboxylic acid groups (broad SMARTS) is 1. The largest absolute Gasteiger partial charge is 0.480 e. The van der Waals surface area contributed by atoms with Gasteiger partial charge in [-0.25, -0.2) is 9.59 Å². The van der Waals surface area contributed by atoms with E-state index in [9.17, 15) is 9.59 Å². The molecule has 2 saturated heterocycles. The molecule has 1 atom stereocenters. The third kappa shape index (κ3) is 4.35. The quantitative estimate of drug-likeness (QED) is 0.687. The van der Waals surface area contributed by atoms with Gasteiger partial charge in [0, 0.05) is 10.9 Å². The Kier molecular flexibility index (Phi) is 5.81. The van der Waals surface area contributed by atoms with Gasteiger partial charge in [0.15, 0.2) is 0 Å². The van der Waals surface area contributed by atoms with Gasteiger partial charge in [0.2, 0.25) is 0 Å². The van der Waals surface area contributed by atoms with E-state index in [-0.39, 0.29) is 19.3 Å². The van der Waals surface area contributed by atoms with E-state index >= 15 is 0 Å². The summed E-state index contributed by atoms with van der Waals surface area (Å²) in [6.45, 7) is 0.798. The minimum atomic E-state index is -1.04. The Morgan fingerprint density at radius 3 is 2.47 bits per heavy atom. The van der Waals surface area contributed by atoms with Crippen LogP contribution in [-0.2, 0) is 31.2 Å². The summed E-state index contributed by atoms with van der Waals surface area (Å²) in [7, 11) is 0. The molecule has 2 aromatic rings. The highest BCUT2D eigenvalue weighted by Crippen LogP contribution is 2.47. The standard InChI is InChI=1S/C22H22BrNO6/c23-18-8-6-17(7-9-18)22(29-11-19(25)26)12-21(30-15-22)13-24(14-21)20(27)28-10-16-4-2-1-3-5-16/h1-9H,10-15H2,(H,25,26). The van der Waals surface area contributed by atoms with E-state index < -0.39 is 23.8 Å². The number of carbonyl (C=O) groups excluding carboxylic acids is 1. The minimum absolute atomic E-state index is 0.217. The SMILES string of the molecule is O=C(O)COC1(c2ccc(Br)cc2)COC2(CN(C(=O)OCc3ccccc3)C2)C1. The highest BCUT2D eigenvalue weighted by molar-refractivity contribution is 9.10. The Balaban J connectivity index is 1.39. The van der Waals surface area contributed by atoms with Gasteiger partial charge in [-0.15, -0.1) is 0 Å². The average Bonchev–Trinajstić information content (AvgIpc) is 3.12. The normalized spacial score (nSPS) is 22.0. The molecule has 2 aliphatic rings. The van der Waals surface area contributed by atoms with Crippen molar-refractivity contribution in [3.05, 3.63) is 70.2 Å². The molecule has 2 aliphatic heterocycles. The van der Waals surface area contributed by atoms with E-state index in [4.69, 9.17) is 19.3 Å². The predicted octanol–water partition coefficient (Wildman–Crippen LogP) is 3.56. The van der Waals surface area contributed by atoms with E-state index in [1.165, 1.54) is 0 Å². The number of nitrogens with zero attached hydrogens (tertiary/aromatic N) is 1. The maximum Gasteiger partial charge on any atom is 0.410 e. The lowest BCUT2D eigenvalue weighted by Crippen LogP contribution is -2.63. The highest BCUT2D eigenvalue weighted by atomic mass is 79.9. The third-order valence-corrected chi connectivity index (χ3v) is 6.01. The molecule has 2 aromatic carbocycles. The first-order valence-electron chi connectivity index (χ1n) is 9.61. The molecule has 0 radical (unpaired) electrons. The van der Waals surface area contributed by atoms with Crippen molar-refractivity contribution in [1.29, 1.82) is 0 Å². The number of aliphatic carboxylic acids is 1. The van der Waals surface area contributed by atoms with Gasteiger partial charge >= 0.3 is 12.1 Å². The summed E-state index contributed by atoms with van der Waals surface area (Å²) in [6, 6.07) is 17.1. The van der Waals surface area contributed by atoms with Gasteiger partial charge in [-0.2, -0.15) is 0 Å². The third-order valence-electron chi connectivity index (χ3n) is 5.48. The molecule has 1 amide bonds. The van der Waals surface area contributed by atoms with Gasteiger partial charge < -0.3 is 24.2 Å². The van der Waals surface area contributed by atoms with Crippen molar-refractivity contribution >= 4 is 28.0 Å². The van der Waals surface area contributed by atoms with Gasteiger partial charge in [0.25, 0.3) is 0 Å². The molecule has 1 unspecified atom stereocenters. The molecule has 0 aliphatic carbocycles. The number of hydrogen-bond donors (Lipinski definition) is 1. The van der Waals surface area contributed by atoms with Crippen LogP contribution in [0.15, 0.2) is 59.1 Å². The van der Waals surface area contributed by atoms with Crippen molar-refractivity contribution in [1.82, 2.24) is 4.90 Å². The fourth-order valence-corrected chi connectivity index (χ4v) is 4.26. The zero-order valence-electron chi connectivity index (χ0n) is 16.3. The molecule has 2 heterocycles. The molecule has 30 heavy (non-hydrogen) atoms.